The number of amides is 1. The second kappa shape index (κ2) is 3.39. The number of rotatable bonds is 1. The quantitative estimate of drug-likeness (QED) is 0.704. The molecule has 0 radical (unpaired) electrons. The minimum absolute atomic E-state index is 0.0903. The van der Waals surface area contributed by atoms with Crippen molar-refractivity contribution in [3.8, 4) is 0 Å². The number of carbonyl (C=O) groups is 1. The van der Waals surface area contributed by atoms with Crippen LogP contribution in [0.4, 0.5) is 4.79 Å². The van der Waals surface area contributed by atoms with Crippen molar-refractivity contribution in [2.45, 2.75) is 50.4 Å². The SMILES string of the molecule is CC(C)(C)OC(=O)N1CCC(O)(C23CN2C3)CC1. The largest absolute Gasteiger partial charge is 0.444 e. The molecule has 18 heavy (non-hydrogen) atoms. The van der Waals surface area contributed by atoms with Crippen molar-refractivity contribution in [3.63, 3.8) is 0 Å². The average molecular weight is 254 g/mol. The van der Waals surface area contributed by atoms with Crippen LogP contribution in [0.2, 0.25) is 0 Å². The van der Waals surface area contributed by atoms with Gasteiger partial charge in [0.25, 0.3) is 0 Å². The van der Waals surface area contributed by atoms with E-state index in [-0.39, 0.29) is 11.6 Å². The highest BCUT2D eigenvalue weighted by Crippen LogP contribution is 2.59. The molecular formula is C13H22N2O3. The second-order valence-electron chi connectivity index (χ2n) is 6.89. The lowest BCUT2D eigenvalue weighted by atomic mass is 9.82. The number of piperidine rings is 1. The predicted molar refractivity (Wildman–Crippen MR) is 66.3 cm³/mol. The van der Waals surface area contributed by atoms with Gasteiger partial charge in [0.1, 0.15) is 5.60 Å². The van der Waals surface area contributed by atoms with E-state index < -0.39 is 11.2 Å². The van der Waals surface area contributed by atoms with Crippen molar-refractivity contribution in [1.29, 1.82) is 0 Å². The highest BCUT2D eigenvalue weighted by atomic mass is 16.6. The van der Waals surface area contributed by atoms with E-state index in [4.69, 9.17) is 4.74 Å². The molecule has 3 rings (SSSR count). The van der Waals surface area contributed by atoms with Gasteiger partial charge in [0.15, 0.2) is 0 Å². The molecule has 0 saturated carbocycles. The van der Waals surface area contributed by atoms with Crippen LogP contribution in [0.15, 0.2) is 0 Å². The van der Waals surface area contributed by atoms with Crippen molar-refractivity contribution in [3.05, 3.63) is 0 Å². The maximum Gasteiger partial charge on any atom is 0.410 e. The first kappa shape index (κ1) is 12.2. The van der Waals surface area contributed by atoms with Gasteiger partial charge in [-0.15, -0.1) is 0 Å². The minimum atomic E-state index is -0.578. The van der Waals surface area contributed by atoms with Crippen LogP contribution in [-0.2, 0) is 4.74 Å². The number of carbonyl (C=O) groups excluding carboxylic acids is 1. The molecule has 0 aliphatic carbocycles. The van der Waals surface area contributed by atoms with Gasteiger partial charge in [0.2, 0.25) is 0 Å². The van der Waals surface area contributed by atoms with Crippen LogP contribution < -0.4 is 0 Å². The van der Waals surface area contributed by atoms with E-state index in [0.29, 0.717) is 25.9 Å². The Morgan fingerprint density at radius 2 is 1.72 bits per heavy atom. The van der Waals surface area contributed by atoms with Crippen LogP contribution in [-0.4, -0.2) is 63.9 Å². The fourth-order valence-electron chi connectivity index (χ4n) is 2.95. The van der Waals surface area contributed by atoms with Crippen LogP contribution in [0.5, 0.6) is 0 Å². The third-order valence-electron chi connectivity index (χ3n) is 4.41. The van der Waals surface area contributed by atoms with Gasteiger partial charge in [0, 0.05) is 26.2 Å². The first-order valence-corrected chi connectivity index (χ1v) is 6.71. The van der Waals surface area contributed by atoms with Crippen LogP contribution in [0.25, 0.3) is 0 Å². The molecule has 5 heteroatoms. The van der Waals surface area contributed by atoms with Crippen LogP contribution in [0.3, 0.4) is 0 Å². The lowest BCUT2D eigenvalue weighted by Gasteiger charge is -2.39. The fourth-order valence-corrected chi connectivity index (χ4v) is 2.95. The molecule has 0 aromatic heterocycles. The smallest absolute Gasteiger partial charge is 0.410 e. The van der Waals surface area contributed by atoms with E-state index in [1.54, 1.807) is 4.90 Å². The van der Waals surface area contributed by atoms with Crippen molar-refractivity contribution >= 4 is 6.09 Å². The Kier molecular flexibility index (Phi) is 2.31. The van der Waals surface area contributed by atoms with Gasteiger partial charge in [0.05, 0.1) is 11.1 Å². The van der Waals surface area contributed by atoms with E-state index in [2.05, 4.69) is 4.90 Å². The van der Waals surface area contributed by atoms with Crippen LogP contribution >= 0.6 is 0 Å². The Morgan fingerprint density at radius 3 is 2.11 bits per heavy atom. The highest BCUT2D eigenvalue weighted by molar-refractivity contribution is 5.68. The molecule has 0 aromatic carbocycles. The summed E-state index contributed by atoms with van der Waals surface area (Å²) in [6.45, 7) is 8.89. The third kappa shape index (κ3) is 1.80. The average Bonchev–Trinajstić information content (AvgIpc) is 3.02. The summed E-state index contributed by atoms with van der Waals surface area (Å²) in [6, 6.07) is 0. The molecular weight excluding hydrogens is 232 g/mol. The molecule has 1 N–H and O–H groups in total. The van der Waals surface area contributed by atoms with E-state index >= 15 is 0 Å². The van der Waals surface area contributed by atoms with Gasteiger partial charge >= 0.3 is 6.09 Å². The van der Waals surface area contributed by atoms with Gasteiger partial charge in [-0.3, -0.25) is 4.90 Å². The van der Waals surface area contributed by atoms with Gasteiger partial charge < -0.3 is 14.7 Å². The molecule has 3 fully saturated rings. The topological polar surface area (TPSA) is 52.8 Å². The highest BCUT2D eigenvalue weighted by Gasteiger charge is 2.77. The van der Waals surface area contributed by atoms with E-state index in [0.717, 1.165) is 13.1 Å². The number of hydrogen-bond donors (Lipinski definition) is 1. The summed E-state index contributed by atoms with van der Waals surface area (Å²) >= 11 is 0. The normalized spacial score (nSPS) is 36.9. The minimum Gasteiger partial charge on any atom is -0.444 e. The summed E-state index contributed by atoms with van der Waals surface area (Å²) in [5.74, 6) is 0. The van der Waals surface area contributed by atoms with Gasteiger partial charge in [-0.1, -0.05) is 0 Å². The van der Waals surface area contributed by atoms with Crippen LogP contribution in [0.1, 0.15) is 33.6 Å². The Morgan fingerprint density at radius 1 is 1.22 bits per heavy atom. The van der Waals surface area contributed by atoms with E-state index in [9.17, 15) is 9.90 Å². The third-order valence-corrected chi connectivity index (χ3v) is 4.41. The summed E-state index contributed by atoms with van der Waals surface area (Å²) in [5, 5.41) is 10.6. The van der Waals surface area contributed by atoms with E-state index in [1.165, 1.54) is 0 Å². The molecule has 0 atom stereocenters. The lowest BCUT2D eigenvalue weighted by molar-refractivity contribution is -0.0413. The second-order valence-corrected chi connectivity index (χ2v) is 6.89. The monoisotopic (exact) mass is 254 g/mol. The Hall–Kier alpha value is -0.810. The maximum atomic E-state index is 11.9. The molecule has 5 nitrogen and oxygen atoms in total. The predicted octanol–water partition coefficient (Wildman–Crippen LogP) is 0.816. The molecule has 3 heterocycles. The van der Waals surface area contributed by atoms with Crippen molar-refractivity contribution in [1.82, 2.24) is 9.80 Å². The first-order chi connectivity index (χ1) is 8.26. The fraction of sp³-hybridized carbons (Fsp3) is 0.923. The molecule has 3 aliphatic heterocycles. The number of fused-ring (bicyclic) bond motifs is 1. The molecule has 1 amide bonds. The van der Waals surface area contributed by atoms with Crippen LogP contribution in [0, 0.1) is 0 Å². The van der Waals surface area contributed by atoms with Gasteiger partial charge in [-0.05, 0) is 33.6 Å². The summed E-state index contributed by atoms with van der Waals surface area (Å²) in [5.41, 5.74) is -0.939. The number of hydrogen-bond acceptors (Lipinski definition) is 4. The standard InChI is InChI=1S/C13H22N2O3/c1-11(2,3)18-10(16)14-6-4-13(17,5-7-14)12-8-15(12)9-12/h17H,4-9H2,1-3H3. The lowest BCUT2D eigenvalue weighted by Crippen LogP contribution is -2.53. The summed E-state index contributed by atoms with van der Waals surface area (Å²) < 4.78 is 5.35. The van der Waals surface area contributed by atoms with Crippen molar-refractivity contribution < 1.29 is 14.6 Å². The molecule has 102 valence electrons. The molecule has 3 saturated heterocycles. The van der Waals surface area contributed by atoms with Crippen molar-refractivity contribution in [2.75, 3.05) is 26.2 Å². The molecule has 0 aromatic rings. The van der Waals surface area contributed by atoms with Gasteiger partial charge in [-0.25, -0.2) is 4.79 Å². The molecule has 3 aliphatic rings. The Labute approximate surface area is 108 Å². The number of nitrogens with zero attached hydrogens (tertiary/aromatic N) is 2. The summed E-state index contributed by atoms with van der Waals surface area (Å²) in [4.78, 5) is 15.9. The number of aliphatic hydroxyl groups is 1. The number of likely N-dealkylation sites (tertiary alicyclic amines) is 1. The molecule has 0 unspecified atom stereocenters. The van der Waals surface area contributed by atoms with Crippen molar-refractivity contribution in [2.24, 2.45) is 0 Å². The zero-order chi connectivity index (χ0) is 13.2. The number of ether oxygens (including phenoxy) is 1. The zero-order valence-electron chi connectivity index (χ0n) is 11.4. The zero-order valence-corrected chi connectivity index (χ0v) is 11.4. The summed E-state index contributed by atoms with van der Waals surface area (Å²) in [7, 11) is 0. The Balaban J connectivity index is 1.55. The Bertz CT molecular complexity index is 374. The first-order valence-electron chi connectivity index (χ1n) is 6.71. The maximum absolute atomic E-state index is 11.9. The molecule has 0 bridgehead atoms. The summed E-state index contributed by atoms with van der Waals surface area (Å²) in [6.07, 6.45) is 1.08. The molecule has 0 spiro atoms. The van der Waals surface area contributed by atoms with E-state index in [1.807, 2.05) is 20.8 Å². The van der Waals surface area contributed by atoms with Gasteiger partial charge in [-0.2, -0.15) is 0 Å².